The van der Waals surface area contributed by atoms with Crippen molar-refractivity contribution in [1.29, 1.82) is 0 Å². The van der Waals surface area contributed by atoms with Crippen LogP contribution in [0.5, 0.6) is 0 Å². The maximum absolute atomic E-state index is 12.0. The summed E-state index contributed by atoms with van der Waals surface area (Å²) in [5, 5.41) is 3.53. The van der Waals surface area contributed by atoms with Gasteiger partial charge in [0.2, 0.25) is 0 Å². The lowest BCUT2D eigenvalue weighted by atomic mass is 10.4. The minimum Gasteiger partial charge on any atom is -0.366 e. The normalized spacial score (nSPS) is 11.1. The van der Waals surface area contributed by atoms with Crippen LogP contribution in [0.1, 0.15) is 0 Å². The largest absolute Gasteiger partial charge is 0.366 e. The maximum Gasteiger partial charge on any atom is 0.256 e. The van der Waals surface area contributed by atoms with Crippen molar-refractivity contribution in [2.75, 3.05) is 6.16 Å². The van der Waals surface area contributed by atoms with Crippen molar-refractivity contribution in [2.24, 2.45) is 5.73 Å². The Kier molecular flexibility index (Phi) is 4.55. The first-order valence-electron chi connectivity index (χ1n) is 7.57. The van der Waals surface area contributed by atoms with Gasteiger partial charge in [-0.2, -0.15) is 0 Å². The van der Waals surface area contributed by atoms with Crippen molar-refractivity contribution in [1.82, 2.24) is 0 Å². The van der Waals surface area contributed by atoms with Gasteiger partial charge in [-0.05, 0) is 36.4 Å². The van der Waals surface area contributed by atoms with E-state index in [0.717, 1.165) is 0 Å². The Hall–Kier alpha value is -2.44. The molecule has 1 amide bonds. The number of carbonyl (C=O) groups is 1. The van der Waals surface area contributed by atoms with Gasteiger partial charge >= 0.3 is 0 Å². The highest BCUT2D eigenvalue weighted by atomic mass is 31.2. The highest BCUT2D eigenvalue weighted by Gasteiger charge is 2.46. The van der Waals surface area contributed by atoms with Gasteiger partial charge in [-0.1, -0.05) is 54.6 Å². The molecule has 0 atom stereocenters. The molecule has 0 spiro atoms. The third-order valence-corrected chi connectivity index (χ3v) is 8.31. The fraction of sp³-hybridized carbons (Fsp3) is 0.0500. The smallest absolute Gasteiger partial charge is 0.256 e. The van der Waals surface area contributed by atoms with Crippen molar-refractivity contribution in [3.63, 3.8) is 0 Å². The zero-order valence-corrected chi connectivity index (χ0v) is 13.7. The average Bonchev–Trinajstić information content (AvgIpc) is 2.62. The lowest BCUT2D eigenvalue weighted by molar-refractivity contribution is -0.115. The standard InChI is InChI=1S/C20H18NOP/c21-20(22)16-23(17-10-4-1-5-11-17,18-12-6-2-7-13-18)19-14-8-3-9-15-19/h1-15H,16H2,(H-,21,22)/p+1. The molecule has 3 rings (SSSR count). The Morgan fingerprint density at radius 2 is 0.957 bits per heavy atom. The summed E-state index contributed by atoms with van der Waals surface area (Å²) in [7, 11) is -2.08. The van der Waals surface area contributed by atoms with Crippen molar-refractivity contribution < 1.29 is 4.79 Å². The van der Waals surface area contributed by atoms with Crippen LogP contribution in [0.4, 0.5) is 0 Å². The van der Waals surface area contributed by atoms with Gasteiger partial charge in [-0.3, -0.25) is 4.79 Å². The van der Waals surface area contributed by atoms with Gasteiger partial charge in [0, 0.05) is 0 Å². The highest BCUT2D eigenvalue weighted by molar-refractivity contribution is 7.96. The van der Waals surface area contributed by atoms with Gasteiger partial charge in [0.25, 0.3) is 5.91 Å². The third-order valence-electron chi connectivity index (χ3n) is 3.98. The van der Waals surface area contributed by atoms with Crippen LogP contribution >= 0.6 is 7.26 Å². The molecule has 3 heteroatoms. The summed E-state index contributed by atoms with van der Waals surface area (Å²) in [5.74, 6) is -0.269. The van der Waals surface area contributed by atoms with Crippen LogP contribution in [0.2, 0.25) is 0 Å². The van der Waals surface area contributed by atoms with Crippen LogP contribution < -0.4 is 21.6 Å². The zero-order chi connectivity index (χ0) is 16.1. The minimum atomic E-state index is -2.08. The molecule has 23 heavy (non-hydrogen) atoms. The van der Waals surface area contributed by atoms with E-state index in [2.05, 4.69) is 36.4 Å². The number of benzene rings is 3. The summed E-state index contributed by atoms with van der Waals surface area (Å²) < 4.78 is 0. The first kappa shape index (κ1) is 15.5. The minimum absolute atomic E-state index is 0.269. The summed E-state index contributed by atoms with van der Waals surface area (Å²) in [6.45, 7) is 0. The van der Waals surface area contributed by atoms with Crippen molar-refractivity contribution >= 4 is 29.1 Å². The van der Waals surface area contributed by atoms with Crippen molar-refractivity contribution in [3.05, 3.63) is 91.0 Å². The summed E-state index contributed by atoms with van der Waals surface area (Å²) in [6.07, 6.45) is 0.338. The summed E-state index contributed by atoms with van der Waals surface area (Å²) in [6, 6.07) is 30.8. The fourth-order valence-corrected chi connectivity index (χ4v) is 6.96. The molecule has 2 nitrogen and oxygen atoms in total. The molecule has 0 aliphatic carbocycles. The molecule has 0 saturated heterocycles. The Morgan fingerprint density at radius 3 is 1.22 bits per heavy atom. The fourth-order valence-electron chi connectivity index (χ4n) is 3.00. The third kappa shape index (κ3) is 3.04. The first-order valence-corrected chi connectivity index (χ1v) is 9.54. The number of nitrogens with two attached hydrogens (primary N) is 1. The van der Waals surface area contributed by atoms with Crippen molar-refractivity contribution in [2.45, 2.75) is 0 Å². The van der Waals surface area contributed by atoms with Gasteiger partial charge in [-0.15, -0.1) is 0 Å². The Bertz CT molecular complexity index is 676. The second kappa shape index (κ2) is 6.76. The predicted octanol–water partition coefficient (Wildman–Crippen LogP) is 2.47. The maximum atomic E-state index is 12.0. The van der Waals surface area contributed by atoms with Gasteiger partial charge in [0.15, 0.2) is 6.16 Å². The van der Waals surface area contributed by atoms with Crippen molar-refractivity contribution in [3.8, 4) is 0 Å². The van der Waals surface area contributed by atoms with Gasteiger partial charge in [-0.25, -0.2) is 0 Å². The van der Waals surface area contributed by atoms with E-state index in [4.69, 9.17) is 5.73 Å². The molecule has 0 aliphatic rings. The Morgan fingerprint density at radius 1 is 0.652 bits per heavy atom. The quantitative estimate of drug-likeness (QED) is 0.721. The van der Waals surface area contributed by atoms with Gasteiger partial charge in [0.05, 0.1) is 0 Å². The number of amides is 1. The van der Waals surface area contributed by atoms with Crippen LogP contribution in [-0.2, 0) is 4.79 Å². The van der Waals surface area contributed by atoms with E-state index < -0.39 is 7.26 Å². The summed E-state index contributed by atoms with van der Waals surface area (Å²) in [5.41, 5.74) is 5.68. The summed E-state index contributed by atoms with van der Waals surface area (Å²) >= 11 is 0. The Labute approximate surface area is 137 Å². The molecule has 0 aliphatic heterocycles. The number of primary amides is 1. The molecule has 0 radical (unpaired) electrons. The van der Waals surface area contributed by atoms with E-state index >= 15 is 0 Å². The zero-order valence-electron chi connectivity index (χ0n) is 12.8. The van der Waals surface area contributed by atoms with Gasteiger partial charge < -0.3 is 5.73 Å². The van der Waals surface area contributed by atoms with Gasteiger partial charge in [0.1, 0.15) is 23.2 Å². The second-order valence-electron chi connectivity index (χ2n) is 5.44. The molecule has 3 aromatic rings. The molecule has 2 N–H and O–H groups in total. The van der Waals surface area contributed by atoms with Crippen LogP contribution in [0, 0.1) is 0 Å². The van der Waals surface area contributed by atoms with Crippen LogP contribution in [0.25, 0.3) is 0 Å². The average molecular weight is 320 g/mol. The van der Waals surface area contributed by atoms with E-state index in [-0.39, 0.29) is 5.91 Å². The first-order chi connectivity index (χ1) is 11.2. The predicted molar refractivity (Wildman–Crippen MR) is 99.2 cm³/mol. The molecule has 0 bridgehead atoms. The van der Waals surface area contributed by atoms with Crippen LogP contribution in [-0.4, -0.2) is 12.1 Å². The number of hydrogen-bond acceptors (Lipinski definition) is 1. The molecular formula is C20H19NOP+. The van der Waals surface area contributed by atoms with E-state index in [9.17, 15) is 4.79 Å². The van der Waals surface area contributed by atoms with E-state index in [1.165, 1.54) is 15.9 Å². The van der Waals surface area contributed by atoms with E-state index in [1.807, 2.05) is 54.6 Å². The topological polar surface area (TPSA) is 43.1 Å². The highest BCUT2D eigenvalue weighted by Crippen LogP contribution is 2.54. The molecule has 0 unspecified atom stereocenters. The number of carbonyl (C=O) groups excluding carboxylic acids is 1. The SMILES string of the molecule is NC(=O)C[P+](c1ccccc1)(c1ccccc1)c1ccccc1. The molecule has 0 heterocycles. The lowest BCUT2D eigenvalue weighted by Crippen LogP contribution is -2.37. The monoisotopic (exact) mass is 320 g/mol. The molecule has 114 valence electrons. The van der Waals surface area contributed by atoms with Crippen LogP contribution in [0.3, 0.4) is 0 Å². The molecule has 0 aromatic heterocycles. The second-order valence-corrected chi connectivity index (χ2v) is 8.93. The number of rotatable bonds is 5. The molecule has 0 saturated carbocycles. The van der Waals surface area contributed by atoms with E-state index in [0.29, 0.717) is 6.16 Å². The number of hydrogen-bond donors (Lipinski definition) is 1. The molecular weight excluding hydrogens is 301 g/mol. The lowest BCUT2D eigenvalue weighted by Gasteiger charge is -2.26. The van der Waals surface area contributed by atoms with E-state index in [1.54, 1.807) is 0 Å². The Balaban J connectivity index is 2.32. The summed E-state index contributed by atoms with van der Waals surface area (Å²) in [4.78, 5) is 12.0. The molecule has 3 aromatic carbocycles. The van der Waals surface area contributed by atoms with Crippen LogP contribution in [0.15, 0.2) is 91.0 Å². The molecule has 0 fully saturated rings.